The molecule has 2 N–H and O–H groups in total. The first-order chi connectivity index (χ1) is 9.16. The Kier molecular flexibility index (Phi) is 4.85. The SMILES string of the molecule is O=C(Cc1c(F)cccc1F)NC1CCCNCC1. The zero-order valence-electron chi connectivity index (χ0n) is 10.7. The monoisotopic (exact) mass is 268 g/mol. The molecule has 1 fully saturated rings. The van der Waals surface area contributed by atoms with Gasteiger partial charge >= 0.3 is 0 Å². The normalized spacial score (nSPS) is 19.8. The zero-order chi connectivity index (χ0) is 13.7. The molecule has 1 aliphatic rings. The molecule has 0 saturated carbocycles. The summed E-state index contributed by atoms with van der Waals surface area (Å²) >= 11 is 0. The number of hydrogen-bond donors (Lipinski definition) is 2. The second-order valence-corrected chi connectivity index (χ2v) is 4.82. The number of benzene rings is 1. The first-order valence-corrected chi connectivity index (χ1v) is 6.60. The van der Waals surface area contributed by atoms with Crippen LogP contribution in [-0.4, -0.2) is 25.0 Å². The predicted octanol–water partition coefficient (Wildman–Crippen LogP) is 1.77. The molecule has 5 heteroatoms. The summed E-state index contributed by atoms with van der Waals surface area (Å²) in [5, 5.41) is 6.10. The fourth-order valence-electron chi connectivity index (χ4n) is 2.30. The highest BCUT2D eigenvalue weighted by Crippen LogP contribution is 2.13. The van der Waals surface area contributed by atoms with Crippen LogP contribution in [0.25, 0.3) is 0 Å². The smallest absolute Gasteiger partial charge is 0.224 e. The Hall–Kier alpha value is -1.49. The highest BCUT2D eigenvalue weighted by molar-refractivity contribution is 5.79. The second-order valence-electron chi connectivity index (χ2n) is 4.82. The van der Waals surface area contributed by atoms with E-state index in [0.29, 0.717) is 0 Å². The lowest BCUT2D eigenvalue weighted by Crippen LogP contribution is -2.36. The molecule has 2 rings (SSSR count). The third kappa shape index (κ3) is 3.99. The minimum atomic E-state index is -0.669. The lowest BCUT2D eigenvalue weighted by molar-refractivity contribution is -0.121. The van der Waals surface area contributed by atoms with Gasteiger partial charge in [-0.1, -0.05) is 6.07 Å². The summed E-state index contributed by atoms with van der Waals surface area (Å²) in [5.41, 5.74) is -0.160. The van der Waals surface area contributed by atoms with Crippen molar-refractivity contribution in [1.29, 1.82) is 0 Å². The molecule has 104 valence electrons. The van der Waals surface area contributed by atoms with E-state index in [9.17, 15) is 13.6 Å². The Balaban J connectivity index is 1.93. The Morgan fingerprint density at radius 2 is 2.00 bits per heavy atom. The molecule has 0 radical (unpaired) electrons. The minimum Gasteiger partial charge on any atom is -0.353 e. The minimum absolute atomic E-state index is 0.0948. The van der Waals surface area contributed by atoms with E-state index in [-0.39, 0.29) is 23.9 Å². The van der Waals surface area contributed by atoms with Crippen LogP contribution in [-0.2, 0) is 11.2 Å². The van der Waals surface area contributed by atoms with Crippen LogP contribution in [0.15, 0.2) is 18.2 Å². The fraction of sp³-hybridized carbons (Fsp3) is 0.500. The number of nitrogens with one attached hydrogen (secondary N) is 2. The quantitative estimate of drug-likeness (QED) is 0.877. The molecule has 1 aromatic carbocycles. The van der Waals surface area contributed by atoms with E-state index in [1.807, 2.05) is 0 Å². The van der Waals surface area contributed by atoms with E-state index in [1.165, 1.54) is 18.2 Å². The number of carbonyl (C=O) groups excluding carboxylic acids is 1. The van der Waals surface area contributed by atoms with Crippen LogP contribution >= 0.6 is 0 Å². The van der Waals surface area contributed by atoms with Gasteiger partial charge in [0.25, 0.3) is 0 Å². The molecule has 19 heavy (non-hydrogen) atoms. The van der Waals surface area contributed by atoms with Crippen molar-refractivity contribution >= 4 is 5.91 Å². The Morgan fingerprint density at radius 3 is 2.74 bits per heavy atom. The van der Waals surface area contributed by atoms with Crippen molar-refractivity contribution in [1.82, 2.24) is 10.6 Å². The average Bonchev–Trinajstić information content (AvgIpc) is 2.63. The molecule has 0 spiro atoms. The summed E-state index contributed by atoms with van der Waals surface area (Å²) in [7, 11) is 0. The van der Waals surface area contributed by atoms with Gasteiger partial charge in [0.2, 0.25) is 5.91 Å². The van der Waals surface area contributed by atoms with E-state index in [2.05, 4.69) is 10.6 Å². The molecule has 1 aromatic rings. The van der Waals surface area contributed by atoms with Crippen LogP contribution < -0.4 is 10.6 Å². The molecule has 1 aliphatic heterocycles. The maximum absolute atomic E-state index is 13.4. The molecule has 1 unspecified atom stereocenters. The van der Waals surface area contributed by atoms with E-state index in [1.54, 1.807) is 0 Å². The maximum atomic E-state index is 13.4. The highest BCUT2D eigenvalue weighted by atomic mass is 19.1. The summed E-state index contributed by atoms with van der Waals surface area (Å²) in [6.07, 6.45) is 2.51. The van der Waals surface area contributed by atoms with Crippen molar-refractivity contribution in [2.45, 2.75) is 31.7 Å². The predicted molar refractivity (Wildman–Crippen MR) is 68.7 cm³/mol. The summed E-state index contributed by atoms with van der Waals surface area (Å²) in [6.45, 7) is 1.81. The van der Waals surface area contributed by atoms with E-state index >= 15 is 0 Å². The van der Waals surface area contributed by atoms with Gasteiger partial charge in [-0.2, -0.15) is 0 Å². The largest absolute Gasteiger partial charge is 0.353 e. The van der Waals surface area contributed by atoms with Crippen LogP contribution in [0.5, 0.6) is 0 Å². The molecule has 3 nitrogen and oxygen atoms in total. The molecule has 1 heterocycles. The number of rotatable bonds is 3. The van der Waals surface area contributed by atoms with Gasteiger partial charge in [-0.05, 0) is 44.5 Å². The second kappa shape index (κ2) is 6.61. The van der Waals surface area contributed by atoms with Crippen LogP contribution in [0.1, 0.15) is 24.8 Å². The lowest BCUT2D eigenvalue weighted by atomic mass is 10.1. The zero-order valence-corrected chi connectivity index (χ0v) is 10.7. The van der Waals surface area contributed by atoms with E-state index in [0.717, 1.165) is 32.4 Å². The molecule has 1 saturated heterocycles. The third-order valence-corrected chi connectivity index (χ3v) is 3.34. The van der Waals surface area contributed by atoms with Gasteiger partial charge in [-0.3, -0.25) is 4.79 Å². The number of hydrogen-bond acceptors (Lipinski definition) is 2. The number of halogens is 2. The van der Waals surface area contributed by atoms with Crippen molar-refractivity contribution in [3.8, 4) is 0 Å². The van der Waals surface area contributed by atoms with Crippen molar-refractivity contribution in [3.63, 3.8) is 0 Å². The van der Waals surface area contributed by atoms with Crippen LogP contribution in [0.2, 0.25) is 0 Å². The van der Waals surface area contributed by atoms with Crippen LogP contribution in [0.3, 0.4) is 0 Å². The van der Waals surface area contributed by atoms with Gasteiger partial charge in [0.15, 0.2) is 0 Å². The standard InChI is InChI=1S/C14H18F2N2O/c15-12-4-1-5-13(16)11(12)9-14(19)18-10-3-2-7-17-8-6-10/h1,4-5,10,17H,2-3,6-9H2,(H,18,19). The van der Waals surface area contributed by atoms with Gasteiger partial charge in [-0.25, -0.2) is 8.78 Å². The van der Waals surface area contributed by atoms with Crippen LogP contribution in [0, 0.1) is 11.6 Å². The van der Waals surface area contributed by atoms with Crippen molar-refractivity contribution < 1.29 is 13.6 Å². The van der Waals surface area contributed by atoms with Crippen molar-refractivity contribution in [2.24, 2.45) is 0 Å². The molecular formula is C14H18F2N2O. The third-order valence-electron chi connectivity index (χ3n) is 3.34. The average molecular weight is 268 g/mol. The van der Waals surface area contributed by atoms with Crippen molar-refractivity contribution in [2.75, 3.05) is 13.1 Å². The first-order valence-electron chi connectivity index (χ1n) is 6.60. The van der Waals surface area contributed by atoms with Gasteiger partial charge < -0.3 is 10.6 Å². The van der Waals surface area contributed by atoms with E-state index < -0.39 is 11.6 Å². The Labute approximate surface area is 111 Å². The van der Waals surface area contributed by atoms with Gasteiger partial charge in [0.05, 0.1) is 6.42 Å². The number of carbonyl (C=O) groups is 1. The first kappa shape index (κ1) is 13.9. The van der Waals surface area contributed by atoms with Crippen LogP contribution in [0.4, 0.5) is 8.78 Å². The Bertz CT molecular complexity index is 423. The van der Waals surface area contributed by atoms with E-state index in [4.69, 9.17) is 0 Å². The number of amides is 1. The van der Waals surface area contributed by atoms with Gasteiger partial charge in [-0.15, -0.1) is 0 Å². The summed E-state index contributed by atoms with van der Waals surface area (Å²) in [5.74, 6) is -1.66. The molecule has 0 aliphatic carbocycles. The van der Waals surface area contributed by atoms with Gasteiger partial charge in [0, 0.05) is 11.6 Å². The highest BCUT2D eigenvalue weighted by Gasteiger charge is 2.17. The fourth-order valence-corrected chi connectivity index (χ4v) is 2.30. The summed E-state index contributed by atoms with van der Waals surface area (Å²) < 4.78 is 26.8. The van der Waals surface area contributed by atoms with Crippen molar-refractivity contribution in [3.05, 3.63) is 35.4 Å². The molecule has 0 aromatic heterocycles. The molecule has 0 bridgehead atoms. The lowest BCUT2D eigenvalue weighted by Gasteiger charge is -2.16. The molecule has 1 atom stereocenters. The molecular weight excluding hydrogens is 250 g/mol. The summed E-state index contributed by atoms with van der Waals surface area (Å²) in [6, 6.07) is 3.73. The summed E-state index contributed by atoms with van der Waals surface area (Å²) in [4.78, 5) is 11.8. The Morgan fingerprint density at radius 1 is 1.26 bits per heavy atom. The topological polar surface area (TPSA) is 41.1 Å². The van der Waals surface area contributed by atoms with Gasteiger partial charge in [0.1, 0.15) is 11.6 Å². The maximum Gasteiger partial charge on any atom is 0.224 e. The molecule has 1 amide bonds.